The lowest BCUT2D eigenvalue weighted by Crippen LogP contribution is -2.47. The molecule has 1 saturated heterocycles. The zero-order valence-corrected chi connectivity index (χ0v) is 15.7. The molecule has 0 bridgehead atoms. The molecule has 0 saturated carbocycles. The molecule has 1 amide bonds. The zero-order valence-electron chi connectivity index (χ0n) is 14.9. The average molecular weight is 391 g/mol. The van der Waals surface area contributed by atoms with Crippen LogP contribution in [0.1, 0.15) is 35.7 Å². The summed E-state index contributed by atoms with van der Waals surface area (Å²) in [5, 5.41) is -0.329. The molecule has 7 heteroatoms. The summed E-state index contributed by atoms with van der Waals surface area (Å²) in [6.45, 7) is 2.26. The highest BCUT2D eigenvalue weighted by Gasteiger charge is 2.35. The van der Waals surface area contributed by atoms with Gasteiger partial charge in [0.25, 0.3) is 0 Å². The van der Waals surface area contributed by atoms with Crippen molar-refractivity contribution in [3.8, 4) is 0 Å². The molecule has 3 rings (SSSR count). The van der Waals surface area contributed by atoms with Crippen molar-refractivity contribution in [2.45, 2.75) is 32.4 Å². The lowest BCUT2D eigenvalue weighted by molar-refractivity contribution is 0.0537. The molecule has 0 aliphatic carbocycles. The smallest absolute Gasteiger partial charge is 0.410 e. The summed E-state index contributed by atoms with van der Waals surface area (Å²) >= 11 is 5.68. The maximum Gasteiger partial charge on any atom is 0.410 e. The molecule has 2 heterocycles. The van der Waals surface area contributed by atoms with Gasteiger partial charge in [0.05, 0.1) is 5.56 Å². The van der Waals surface area contributed by atoms with Gasteiger partial charge in [-0.2, -0.15) is 0 Å². The van der Waals surface area contributed by atoms with Crippen molar-refractivity contribution in [3.63, 3.8) is 0 Å². The Labute approximate surface area is 162 Å². The summed E-state index contributed by atoms with van der Waals surface area (Å²) in [5.41, 5.74) is 0.795. The number of nitrogens with zero attached hydrogens (tertiary/aromatic N) is 2. The molecular weight excluding hydrogens is 371 g/mol. The summed E-state index contributed by atoms with van der Waals surface area (Å²) < 4.78 is 19.5. The first-order valence-corrected chi connectivity index (χ1v) is 9.16. The summed E-state index contributed by atoms with van der Waals surface area (Å²) in [4.78, 5) is 30.4. The Morgan fingerprint density at radius 1 is 1.26 bits per heavy atom. The monoisotopic (exact) mass is 390 g/mol. The van der Waals surface area contributed by atoms with Crippen LogP contribution in [-0.2, 0) is 11.3 Å². The van der Waals surface area contributed by atoms with E-state index in [1.165, 1.54) is 17.2 Å². The van der Waals surface area contributed by atoms with Gasteiger partial charge in [0, 0.05) is 24.7 Å². The largest absolute Gasteiger partial charge is 0.445 e. The van der Waals surface area contributed by atoms with Crippen LogP contribution in [0.4, 0.5) is 9.18 Å². The van der Waals surface area contributed by atoms with E-state index in [2.05, 4.69) is 4.98 Å². The van der Waals surface area contributed by atoms with Gasteiger partial charge >= 0.3 is 6.09 Å². The van der Waals surface area contributed by atoms with Gasteiger partial charge in [-0.3, -0.25) is 4.79 Å². The van der Waals surface area contributed by atoms with E-state index in [4.69, 9.17) is 16.3 Å². The number of likely N-dealkylation sites (tertiary alicyclic amines) is 1. The Morgan fingerprint density at radius 2 is 2.00 bits per heavy atom. The Kier molecular flexibility index (Phi) is 6.06. The minimum absolute atomic E-state index is 0.0526. The molecule has 1 aromatic carbocycles. The maximum atomic E-state index is 14.1. The molecule has 0 spiro atoms. The summed E-state index contributed by atoms with van der Waals surface area (Å²) in [6, 6.07) is 10.6. The fraction of sp³-hybridized carbons (Fsp3) is 0.350. The minimum Gasteiger partial charge on any atom is -0.445 e. The molecule has 0 radical (unpaired) electrons. The predicted molar refractivity (Wildman–Crippen MR) is 99.1 cm³/mol. The Bertz CT molecular complexity index is 831. The number of pyridine rings is 1. The molecule has 2 aromatic rings. The number of ketones is 1. The number of hydrogen-bond acceptors (Lipinski definition) is 4. The minimum atomic E-state index is -0.819. The second-order valence-corrected chi connectivity index (χ2v) is 7.00. The normalized spacial score (nSPS) is 19.6. The lowest BCUT2D eigenvalue weighted by Gasteiger charge is -2.36. The molecule has 1 aliphatic rings. The number of carbonyl (C=O) groups is 2. The van der Waals surface area contributed by atoms with Crippen molar-refractivity contribution in [2.75, 3.05) is 6.54 Å². The van der Waals surface area contributed by atoms with E-state index in [0.29, 0.717) is 12.8 Å². The summed E-state index contributed by atoms with van der Waals surface area (Å²) in [5.74, 6) is -1.69. The summed E-state index contributed by atoms with van der Waals surface area (Å²) in [6.07, 6.45) is 2.03. The Morgan fingerprint density at radius 3 is 2.74 bits per heavy atom. The molecule has 27 heavy (non-hydrogen) atoms. The van der Waals surface area contributed by atoms with Gasteiger partial charge < -0.3 is 9.64 Å². The number of rotatable bonds is 4. The van der Waals surface area contributed by atoms with Crippen LogP contribution in [0.25, 0.3) is 0 Å². The number of Topliss-reactive ketones (excluding diaryl/α,β-unsaturated/α-hetero) is 1. The highest BCUT2D eigenvalue weighted by Crippen LogP contribution is 2.27. The van der Waals surface area contributed by atoms with Gasteiger partial charge in [0.1, 0.15) is 6.61 Å². The van der Waals surface area contributed by atoms with Crippen molar-refractivity contribution in [2.24, 2.45) is 5.92 Å². The van der Waals surface area contributed by atoms with Crippen molar-refractivity contribution in [1.82, 2.24) is 9.88 Å². The van der Waals surface area contributed by atoms with Crippen LogP contribution in [0, 0.1) is 11.7 Å². The van der Waals surface area contributed by atoms with Gasteiger partial charge in [-0.15, -0.1) is 0 Å². The first-order valence-electron chi connectivity index (χ1n) is 8.79. The first-order chi connectivity index (χ1) is 13.0. The van der Waals surface area contributed by atoms with Crippen molar-refractivity contribution >= 4 is 23.5 Å². The van der Waals surface area contributed by atoms with Crippen molar-refractivity contribution < 1.29 is 18.7 Å². The molecule has 0 N–H and O–H groups in total. The van der Waals surface area contributed by atoms with E-state index in [1.807, 2.05) is 37.3 Å². The Balaban J connectivity index is 1.67. The number of benzene rings is 1. The number of halogens is 2. The molecule has 1 fully saturated rings. The van der Waals surface area contributed by atoms with Crippen LogP contribution in [0.2, 0.25) is 5.15 Å². The van der Waals surface area contributed by atoms with Crippen LogP contribution in [-0.4, -0.2) is 34.3 Å². The quantitative estimate of drug-likeness (QED) is 0.570. The van der Waals surface area contributed by atoms with E-state index >= 15 is 0 Å². The zero-order chi connectivity index (χ0) is 19.4. The highest BCUT2D eigenvalue weighted by atomic mass is 35.5. The predicted octanol–water partition coefficient (Wildman–Crippen LogP) is 4.49. The van der Waals surface area contributed by atoms with E-state index in [0.717, 1.165) is 5.56 Å². The second kappa shape index (κ2) is 8.48. The first kappa shape index (κ1) is 19.3. The fourth-order valence-corrected chi connectivity index (χ4v) is 3.36. The molecule has 1 aromatic heterocycles. The van der Waals surface area contributed by atoms with Crippen molar-refractivity contribution in [3.05, 3.63) is 64.7 Å². The SMILES string of the molecule is C[C@H]1CC[C@@H](C(=O)c2ccnc(Cl)c2F)CN1C(=O)OCc1ccccc1. The average Bonchev–Trinajstić information content (AvgIpc) is 2.69. The molecule has 5 nitrogen and oxygen atoms in total. The molecule has 142 valence electrons. The molecule has 1 aliphatic heterocycles. The van der Waals surface area contributed by atoms with Crippen LogP contribution < -0.4 is 0 Å². The van der Waals surface area contributed by atoms with E-state index in [9.17, 15) is 14.0 Å². The van der Waals surface area contributed by atoms with Crippen molar-refractivity contribution in [1.29, 1.82) is 0 Å². The third-order valence-electron chi connectivity index (χ3n) is 4.80. The van der Waals surface area contributed by atoms with E-state index < -0.39 is 17.8 Å². The third-order valence-corrected chi connectivity index (χ3v) is 5.07. The molecule has 0 unspecified atom stereocenters. The number of ether oxygens (including phenoxy) is 1. The lowest BCUT2D eigenvalue weighted by atomic mass is 9.87. The summed E-state index contributed by atoms with van der Waals surface area (Å²) in [7, 11) is 0. The van der Waals surface area contributed by atoms with E-state index in [1.54, 1.807) is 0 Å². The molecule has 2 atom stereocenters. The number of piperidine rings is 1. The number of hydrogen-bond donors (Lipinski definition) is 0. The van der Waals surface area contributed by atoms with Gasteiger partial charge in [-0.25, -0.2) is 14.2 Å². The highest BCUT2D eigenvalue weighted by molar-refractivity contribution is 6.30. The van der Waals surface area contributed by atoms with Gasteiger partial charge in [0.15, 0.2) is 16.8 Å². The fourth-order valence-electron chi connectivity index (χ4n) is 3.21. The maximum absolute atomic E-state index is 14.1. The third kappa shape index (κ3) is 4.45. The van der Waals surface area contributed by atoms with Crippen LogP contribution in [0.15, 0.2) is 42.6 Å². The second-order valence-electron chi connectivity index (χ2n) is 6.64. The topological polar surface area (TPSA) is 59.5 Å². The number of carbonyl (C=O) groups excluding carboxylic acids is 2. The van der Waals surface area contributed by atoms with Crippen LogP contribution in [0.5, 0.6) is 0 Å². The van der Waals surface area contributed by atoms with Gasteiger partial charge in [-0.05, 0) is 31.4 Å². The number of aromatic nitrogens is 1. The van der Waals surface area contributed by atoms with Gasteiger partial charge in [-0.1, -0.05) is 41.9 Å². The Hall–Kier alpha value is -2.47. The van der Waals surface area contributed by atoms with Gasteiger partial charge in [0.2, 0.25) is 0 Å². The van der Waals surface area contributed by atoms with Crippen LogP contribution in [0.3, 0.4) is 0 Å². The van der Waals surface area contributed by atoms with E-state index in [-0.39, 0.29) is 35.7 Å². The van der Waals surface area contributed by atoms with Crippen LogP contribution >= 0.6 is 11.6 Å². The molecular formula is C20H20ClFN2O3. The standard InChI is InChI=1S/C20H20ClFN2O3/c1-13-7-8-15(18(25)16-9-10-23-19(21)17(16)22)11-24(13)20(26)27-12-14-5-3-2-4-6-14/h2-6,9-10,13,15H,7-8,11-12H2,1H3/t13-,15+/m0/s1. The number of amides is 1.